The Hall–Kier alpha value is 0.01000. The molecule has 1 atom stereocenters. The van der Waals surface area contributed by atoms with Crippen LogP contribution in [0.1, 0.15) is 13.8 Å². The number of halogens is 2. The van der Waals surface area contributed by atoms with E-state index in [1.54, 1.807) is 0 Å². The van der Waals surface area contributed by atoms with E-state index in [9.17, 15) is 4.79 Å². The smallest absolute Gasteiger partial charge is 0.363 e. The van der Waals surface area contributed by atoms with E-state index in [0.29, 0.717) is 0 Å². The van der Waals surface area contributed by atoms with Gasteiger partial charge in [-0.2, -0.15) is 0 Å². The molecule has 1 fully saturated rings. The van der Waals surface area contributed by atoms with Crippen LogP contribution in [0.4, 0.5) is 0 Å². The van der Waals surface area contributed by atoms with Crippen LogP contribution in [0, 0.1) is 5.92 Å². The van der Waals surface area contributed by atoms with E-state index < -0.39 is 10.3 Å². The van der Waals surface area contributed by atoms with E-state index in [1.807, 2.05) is 13.8 Å². The van der Waals surface area contributed by atoms with Crippen molar-refractivity contribution in [3.8, 4) is 0 Å². The predicted octanol–water partition coefficient (Wildman–Crippen LogP) is 1.25. The molecule has 0 saturated carbocycles. The summed E-state index contributed by atoms with van der Waals surface area (Å²) in [6.07, 6.45) is 0. The number of nitrogens with one attached hydrogen (secondary N) is 1. The summed E-state index contributed by atoms with van der Waals surface area (Å²) in [5, 5.41) is 0. The topological polar surface area (TPSA) is 38.3 Å². The van der Waals surface area contributed by atoms with Crippen molar-refractivity contribution >= 4 is 29.2 Å². The highest BCUT2D eigenvalue weighted by Crippen LogP contribution is 2.34. The molecule has 0 amide bonds. The summed E-state index contributed by atoms with van der Waals surface area (Å²) in [6.45, 7) is 3.80. The Morgan fingerprint density at radius 3 is 2.36 bits per heavy atom. The van der Waals surface area contributed by atoms with Crippen LogP contribution in [0.3, 0.4) is 0 Å². The summed E-state index contributed by atoms with van der Waals surface area (Å²) in [5.74, 6) is -0.476. The van der Waals surface area contributed by atoms with Gasteiger partial charge in [-0.25, -0.2) is 4.79 Å². The first kappa shape index (κ1) is 9.10. The minimum absolute atomic E-state index is 0.149. The van der Waals surface area contributed by atoms with E-state index in [-0.39, 0.29) is 12.0 Å². The Morgan fingerprint density at radius 1 is 1.64 bits per heavy atom. The Bertz CT molecular complexity index is 181. The highest BCUT2D eigenvalue weighted by Gasteiger charge is 2.51. The Balaban J connectivity index is 2.78. The lowest BCUT2D eigenvalue weighted by Gasteiger charge is -2.19. The van der Waals surface area contributed by atoms with Gasteiger partial charge in [-0.15, -0.1) is 5.48 Å². The van der Waals surface area contributed by atoms with Crippen molar-refractivity contribution < 1.29 is 9.63 Å². The van der Waals surface area contributed by atoms with Crippen molar-refractivity contribution in [1.29, 1.82) is 0 Å². The van der Waals surface area contributed by atoms with Gasteiger partial charge in [-0.05, 0) is 5.92 Å². The van der Waals surface area contributed by atoms with Crippen molar-refractivity contribution in [3.05, 3.63) is 0 Å². The number of alkyl halides is 2. The molecule has 3 nitrogen and oxygen atoms in total. The van der Waals surface area contributed by atoms with Crippen molar-refractivity contribution in [3.63, 3.8) is 0 Å². The number of hydrogen-bond donors (Lipinski definition) is 1. The molecule has 0 bridgehead atoms. The monoisotopic (exact) mass is 197 g/mol. The van der Waals surface area contributed by atoms with E-state index in [2.05, 4.69) is 10.3 Å². The lowest BCUT2D eigenvalue weighted by molar-refractivity contribution is -0.143. The molecule has 11 heavy (non-hydrogen) atoms. The molecule has 1 rings (SSSR count). The summed E-state index contributed by atoms with van der Waals surface area (Å²) in [6, 6.07) is -0.335. The summed E-state index contributed by atoms with van der Waals surface area (Å²) < 4.78 is -1.44. The molecule has 0 aromatic carbocycles. The second kappa shape index (κ2) is 2.81. The zero-order valence-electron chi connectivity index (χ0n) is 6.23. The fourth-order valence-corrected chi connectivity index (χ4v) is 1.61. The Kier molecular flexibility index (Phi) is 2.32. The largest absolute Gasteiger partial charge is 0.368 e. The van der Waals surface area contributed by atoms with Gasteiger partial charge in [0.15, 0.2) is 0 Å². The van der Waals surface area contributed by atoms with Crippen LogP contribution in [-0.2, 0) is 9.63 Å². The molecule has 1 N–H and O–H groups in total. The van der Waals surface area contributed by atoms with E-state index in [1.165, 1.54) is 0 Å². The van der Waals surface area contributed by atoms with Crippen LogP contribution < -0.4 is 5.48 Å². The lowest BCUT2D eigenvalue weighted by Crippen LogP contribution is -2.40. The molecule has 0 spiro atoms. The van der Waals surface area contributed by atoms with Crippen LogP contribution in [-0.4, -0.2) is 16.3 Å². The lowest BCUT2D eigenvalue weighted by atomic mass is 10.0. The van der Waals surface area contributed by atoms with Gasteiger partial charge in [-0.3, -0.25) is 0 Å². The first-order valence-corrected chi connectivity index (χ1v) is 4.06. The first-order valence-electron chi connectivity index (χ1n) is 3.31. The first-order chi connectivity index (χ1) is 4.96. The summed E-state index contributed by atoms with van der Waals surface area (Å²) in [4.78, 5) is 15.4. The van der Waals surface area contributed by atoms with Crippen LogP contribution in [0.2, 0.25) is 0 Å². The van der Waals surface area contributed by atoms with Crippen LogP contribution in [0.15, 0.2) is 0 Å². The highest BCUT2D eigenvalue weighted by atomic mass is 35.5. The molecule has 1 aliphatic rings. The zero-order valence-corrected chi connectivity index (χ0v) is 7.74. The molecule has 1 aliphatic heterocycles. The third-order valence-corrected chi connectivity index (χ3v) is 2.39. The van der Waals surface area contributed by atoms with E-state index in [0.717, 1.165) is 0 Å². The van der Waals surface area contributed by atoms with Gasteiger partial charge in [0.25, 0.3) is 0 Å². The average Bonchev–Trinajstić information content (AvgIpc) is 2.08. The van der Waals surface area contributed by atoms with Gasteiger partial charge in [0.1, 0.15) is 0 Å². The fourth-order valence-electron chi connectivity index (χ4n) is 0.941. The number of carbonyl (C=O) groups excluding carboxylic acids is 1. The molecule has 1 heterocycles. The molecule has 0 aromatic heterocycles. The van der Waals surface area contributed by atoms with Gasteiger partial charge in [0.05, 0.1) is 6.04 Å². The molecule has 64 valence electrons. The average molecular weight is 198 g/mol. The third-order valence-electron chi connectivity index (χ3n) is 1.61. The Morgan fingerprint density at radius 2 is 2.18 bits per heavy atom. The summed E-state index contributed by atoms with van der Waals surface area (Å²) in [7, 11) is 0. The van der Waals surface area contributed by atoms with Crippen molar-refractivity contribution in [1.82, 2.24) is 5.48 Å². The molecular weight excluding hydrogens is 189 g/mol. The highest BCUT2D eigenvalue weighted by molar-refractivity contribution is 6.58. The maximum atomic E-state index is 10.9. The minimum Gasteiger partial charge on any atom is -0.368 e. The normalized spacial score (nSPS) is 29.2. The Labute approximate surface area is 74.9 Å². The fraction of sp³-hybridized carbons (Fsp3) is 0.833. The van der Waals surface area contributed by atoms with Crippen molar-refractivity contribution in [2.45, 2.75) is 24.2 Å². The second-order valence-corrected chi connectivity index (χ2v) is 4.24. The van der Waals surface area contributed by atoms with E-state index in [4.69, 9.17) is 23.2 Å². The van der Waals surface area contributed by atoms with Gasteiger partial charge in [-0.1, -0.05) is 37.0 Å². The maximum Gasteiger partial charge on any atom is 0.363 e. The molecule has 0 radical (unpaired) electrons. The maximum absolute atomic E-state index is 10.9. The summed E-state index contributed by atoms with van der Waals surface area (Å²) in [5.41, 5.74) is 2.48. The van der Waals surface area contributed by atoms with Crippen LogP contribution >= 0.6 is 23.2 Å². The van der Waals surface area contributed by atoms with E-state index >= 15 is 0 Å². The SMILES string of the molecule is CC(C)[C@@H]1NOC(=O)C1(Cl)Cl. The standard InChI is InChI=1S/C6H9Cl2NO2/c1-3(2)4-6(7,8)5(10)11-9-4/h3-4,9H,1-2H3/t4-/m0/s1. The van der Waals surface area contributed by atoms with Crippen molar-refractivity contribution in [2.75, 3.05) is 0 Å². The number of carbonyl (C=O) groups is 1. The molecule has 0 unspecified atom stereocenters. The number of hydroxylamine groups is 1. The molecular formula is C6H9Cl2NO2. The third kappa shape index (κ3) is 1.45. The van der Waals surface area contributed by atoms with Gasteiger partial charge < -0.3 is 4.84 Å². The summed E-state index contributed by atoms with van der Waals surface area (Å²) >= 11 is 11.4. The quantitative estimate of drug-likeness (QED) is 0.644. The number of rotatable bonds is 1. The van der Waals surface area contributed by atoms with Crippen molar-refractivity contribution in [2.24, 2.45) is 5.92 Å². The van der Waals surface area contributed by atoms with Gasteiger partial charge in [0, 0.05) is 0 Å². The van der Waals surface area contributed by atoms with Gasteiger partial charge >= 0.3 is 5.97 Å². The predicted molar refractivity (Wildman–Crippen MR) is 42.3 cm³/mol. The molecule has 5 heteroatoms. The molecule has 1 saturated heterocycles. The zero-order chi connectivity index (χ0) is 8.65. The van der Waals surface area contributed by atoms with Crippen LogP contribution in [0.5, 0.6) is 0 Å². The minimum atomic E-state index is -1.44. The second-order valence-electron chi connectivity index (χ2n) is 2.85. The molecule has 0 aromatic rings. The number of hydrogen-bond acceptors (Lipinski definition) is 3. The molecule has 0 aliphatic carbocycles. The van der Waals surface area contributed by atoms with Crippen LogP contribution in [0.25, 0.3) is 0 Å². The van der Waals surface area contributed by atoms with Gasteiger partial charge in [0.2, 0.25) is 4.33 Å².